The molecule has 0 aliphatic rings. The quantitative estimate of drug-likeness (QED) is 0.0364. The molecule has 0 atom stereocenters. The lowest BCUT2D eigenvalue weighted by Gasteiger charge is -2.16. The van der Waals surface area contributed by atoms with Gasteiger partial charge in [0.1, 0.15) is 34.5 Å². The average Bonchev–Trinajstić information content (AvgIpc) is 0.846. The van der Waals surface area contributed by atoms with E-state index in [1.807, 2.05) is 0 Å². The Labute approximate surface area is 684 Å². The lowest BCUT2D eigenvalue weighted by molar-refractivity contribution is 0.293. The lowest BCUT2D eigenvalue weighted by Crippen LogP contribution is -2.16. The molecule has 12 nitrogen and oxygen atoms in total. The summed E-state index contributed by atoms with van der Waals surface area (Å²) in [6.45, 7) is 19.9. The van der Waals surface area contributed by atoms with Crippen LogP contribution in [-0.2, 0) is 19.3 Å². The Morgan fingerprint density at radius 3 is 0.541 bits per heavy atom. The third-order valence-corrected chi connectivity index (χ3v) is 22.3. The maximum Gasteiger partial charge on any atom is 0.229 e. The summed E-state index contributed by atoms with van der Waals surface area (Å²) in [6.07, 6.45) is 80.1. The van der Waals surface area contributed by atoms with Gasteiger partial charge in [0.05, 0.1) is 39.6 Å². The highest BCUT2D eigenvalue weighted by Gasteiger charge is 2.15. The van der Waals surface area contributed by atoms with Gasteiger partial charge in [0.25, 0.3) is 0 Å². The van der Waals surface area contributed by atoms with Gasteiger partial charge in [-0.25, -0.2) is 0 Å². The van der Waals surface area contributed by atoms with Crippen LogP contribution in [0.3, 0.4) is 0 Å². The fourth-order valence-corrected chi connectivity index (χ4v) is 15.1. The van der Waals surface area contributed by atoms with Crippen LogP contribution in [0.4, 0.5) is 17.8 Å². The molecule has 1 heterocycles. The summed E-state index contributed by atoms with van der Waals surface area (Å²) in [4.78, 5) is 15.3. The normalized spacial score (nSPS) is 11.4. The van der Waals surface area contributed by atoms with Crippen molar-refractivity contribution in [3.05, 3.63) is 71.3 Å². The first-order valence-corrected chi connectivity index (χ1v) is 48.1. The van der Waals surface area contributed by atoms with Crippen LogP contribution in [0, 0.1) is 0 Å². The highest BCUT2D eigenvalue weighted by molar-refractivity contribution is 5.46. The van der Waals surface area contributed by atoms with Gasteiger partial charge in [-0.1, -0.05) is 388 Å². The number of nitrogens with one attached hydrogen (secondary N) is 3. The van der Waals surface area contributed by atoms with Crippen molar-refractivity contribution in [1.82, 2.24) is 15.0 Å². The van der Waals surface area contributed by atoms with Crippen molar-refractivity contribution in [2.45, 2.75) is 446 Å². The van der Waals surface area contributed by atoms with Crippen molar-refractivity contribution in [3.8, 4) is 34.5 Å². The maximum atomic E-state index is 6.65. The summed E-state index contributed by atoms with van der Waals surface area (Å²) in [5.41, 5.74) is 3.38. The van der Waals surface area contributed by atoms with E-state index >= 15 is 0 Å². The molecule has 111 heavy (non-hydrogen) atoms. The Hall–Kier alpha value is -5.13. The van der Waals surface area contributed by atoms with E-state index in [1.165, 1.54) is 347 Å². The molecule has 4 rings (SSSR count). The summed E-state index contributed by atoms with van der Waals surface area (Å²) in [5, 5.41) is 11.0. The molecule has 12 heteroatoms. The van der Waals surface area contributed by atoms with Gasteiger partial charge in [-0.3, -0.25) is 0 Å². The van der Waals surface area contributed by atoms with Crippen LogP contribution in [0.2, 0.25) is 0 Å². The molecule has 0 saturated carbocycles. The molecule has 0 radical (unpaired) electrons. The zero-order chi connectivity index (χ0) is 78.7. The minimum Gasteiger partial charge on any atom is -0.494 e. The van der Waals surface area contributed by atoms with Crippen molar-refractivity contribution in [2.24, 2.45) is 0 Å². The number of hydrogen-bond donors (Lipinski definition) is 3. The van der Waals surface area contributed by atoms with Crippen LogP contribution < -0.4 is 44.4 Å². The average molecular weight is 1540 g/mol. The van der Waals surface area contributed by atoms with E-state index in [0.29, 0.717) is 76.6 Å². The molecule has 0 unspecified atom stereocenters. The van der Waals surface area contributed by atoms with E-state index in [9.17, 15) is 0 Å². The summed E-state index contributed by atoms with van der Waals surface area (Å²) in [7, 11) is 0. The van der Waals surface area contributed by atoms with Crippen LogP contribution in [0.1, 0.15) is 443 Å². The minimum atomic E-state index is 0.516. The first-order chi connectivity index (χ1) is 55.0. The van der Waals surface area contributed by atoms with E-state index < -0.39 is 0 Å². The molecule has 0 aliphatic carbocycles. The van der Waals surface area contributed by atoms with Gasteiger partial charge in [-0.05, 0) is 129 Å². The topological polar surface area (TPSA) is 130 Å². The summed E-state index contributed by atoms with van der Waals surface area (Å²) < 4.78 is 39.4. The highest BCUT2D eigenvalue weighted by atomic mass is 16.5. The Morgan fingerprint density at radius 1 is 0.198 bits per heavy atom. The van der Waals surface area contributed by atoms with E-state index in [4.69, 9.17) is 43.4 Å². The molecule has 1 aromatic heterocycles. The molecular weight excluding hydrogens is 1370 g/mol. The number of aromatic nitrogens is 3. The van der Waals surface area contributed by atoms with E-state index in [2.05, 4.69) is 112 Å². The molecule has 0 spiro atoms. The zero-order valence-electron chi connectivity index (χ0n) is 73.4. The highest BCUT2D eigenvalue weighted by Crippen LogP contribution is 2.31. The number of rotatable bonds is 84. The lowest BCUT2D eigenvalue weighted by atomic mass is 10.1. The fraction of sp³-hybridized carbons (Fsp3) is 0.788. The number of anilines is 3. The molecule has 0 fully saturated rings. The van der Waals surface area contributed by atoms with Crippen molar-refractivity contribution < 1.29 is 28.4 Å². The van der Waals surface area contributed by atoms with Crippen LogP contribution >= 0.6 is 0 Å². The largest absolute Gasteiger partial charge is 0.494 e. The van der Waals surface area contributed by atoms with Gasteiger partial charge in [0, 0.05) is 19.6 Å². The van der Waals surface area contributed by atoms with Crippen molar-refractivity contribution >= 4 is 17.8 Å². The zero-order valence-corrected chi connectivity index (χ0v) is 73.4. The SMILES string of the molecule is CCCCCCCCCCCCOc1ccc(OCCCCCCCCCCCC)c(CCNc2nc(NCCc3cc(OCCCCCCCCCCCC)ccc3OCCCCCCCCCCCC)nc(NCCc3cc(OCCCCCCCCCCCC)ccc3OCCCCCCCCCCCC)n2)c1. The monoisotopic (exact) mass is 1540 g/mol. The van der Waals surface area contributed by atoms with Gasteiger partial charge in [-0.2, -0.15) is 15.0 Å². The predicted octanol–water partition coefficient (Wildman–Crippen LogP) is 30.6. The summed E-state index contributed by atoms with van der Waals surface area (Å²) in [5.74, 6) is 7.05. The number of unbranched alkanes of at least 4 members (excludes halogenated alkanes) is 54. The second-order valence-corrected chi connectivity index (χ2v) is 32.8. The molecule has 3 aromatic carbocycles. The molecule has 0 amide bonds. The first-order valence-electron chi connectivity index (χ1n) is 48.1. The Kier molecular flexibility index (Phi) is 65.3. The first kappa shape index (κ1) is 98.2. The van der Waals surface area contributed by atoms with Crippen molar-refractivity contribution in [1.29, 1.82) is 0 Å². The third-order valence-electron chi connectivity index (χ3n) is 22.3. The van der Waals surface area contributed by atoms with Gasteiger partial charge in [-0.15, -0.1) is 0 Å². The van der Waals surface area contributed by atoms with Crippen LogP contribution in [0.15, 0.2) is 54.6 Å². The van der Waals surface area contributed by atoms with E-state index in [1.54, 1.807) is 0 Å². The minimum absolute atomic E-state index is 0.516. The van der Waals surface area contributed by atoms with Crippen LogP contribution in [0.5, 0.6) is 34.5 Å². The van der Waals surface area contributed by atoms with Gasteiger partial charge < -0.3 is 44.4 Å². The molecule has 4 aromatic rings. The molecule has 0 aliphatic heterocycles. The number of nitrogens with zero attached hydrogens (tertiary/aromatic N) is 3. The molecule has 636 valence electrons. The van der Waals surface area contributed by atoms with Gasteiger partial charge >= 0.3 is 0 Å². The Morgan fingerprint density at radius 2 is 0.360 bits per heavy atom. The molecule has 0 bridgehead atoms. The second-order valence-electron chi connectivity index (χ2n) is 32.8. The maximum absolute atomic E-state index is 6.65. The smallest absolute Gasteiger partial charge is 0.229 e. The molecule has 3 N–H and O–H groups in total. The van der Waals surface area contributed by atoms with Gasteiger partial charge in [0.2, 0.25) is 17.8 Å². The van der Waals surface area contributed by atoms with E-state index in [-0.39, 0.29) is 0 Å². The third kappa shape index (κ3) is 55.1. The number of benzene rings is 3. The Bertz CT molecular complexity index is 2400. The van der Waals surface area contributed by atoms with E-state index in [0.717, 1.165) is 110 Å². The van der Waals surface area contributed by atoms with Crippen molar-refractivity contribution in [2.75, 3.05) is 75.2 Å². The molecular formula is C99H174N6O6. The number of ether oxygens (including phenoxy) is 6. The van der Waals surface area contributed by atoms with Crippen molar-refractivity contribution in [3.63, 3.8) is 0 Å². The van der Waals surface area contributed by atoms with Crippen LogP contribution in [-0.4, -0.2) is 74.2 Å². The molecule has 0 saturated heterocycles. The predicted molar refractivity (Wildman–Crippen MR) is 480 cm³/mol. The summed E-state index contributed by atoms with van der Waals surface area (Å²) >= 11 is 0. The standard InChI is InChI=1S/C99H174N6O6/c1-7-13-19-25-31-37-43-49-55-61-79-106-91-67-70-94(109-82-64-58-52-46-40-34-28-22-16-10-4)88(85-91)73-76-100-97-103-98(101-77-74-89-86-92(107-80-62-56-50-44-38-32-26-20-14-8-2)68-71-95(89)110-83-65-59-53-47-41-35-29-23-17-11-5)105-99(104-97)102-78-75-90-87-93(108-81-63-57-51-45-39-33-27-21-15-9-3)69-72-96(90)111-84-66-60-54-48-42-36-30-24-18-12-6/h67-72,85-87H,7-66,73-84H2,1-6H3,(H3,100,101,102,103,104,105). The van der Waals surface area contributed by atoms with Gasteiger partial charge in [0.15, 0.2) is 0 Å². The number of hydrogen-bond acceptors (Lipinski definition) is 12. The summed E-state index contributed by atoms with van der Waals surface area (Å²) in [6, 6.07) is 19.4. The fourth-order valence-electron chi connectivity index (χ4n) is 15.1. The Balaban J connectivity index is 1.56. The van der Waals surface area contributed by atoms with Crippen LogP contribution in [0.25, 0.3) is 0 Å². The second kappa shape index (κ2) is 73.7.